The molecular formula is C22H24FN3O4. The van der Waals surface area contributed by atoms with Gasteiger partial charge in [-0.05, 0) is 43.5 Å². The summed E-state index contributed by atoms with van der Waals surface area (Å²) in [5.74, 6) is -0.690. The fourth-order valence-electron chi connectivity index (χ4n) is 3.28. The van der Waals surface area contributed by atoms with Gasteiger partial charge in [0.05, 0.1) is 7.11 Å². The maximum atomic E-state index is 13.7. The van der Waals surface area contributed by atoms with E-state index in [1.165, 1.54) is 6.07 Å². The van der Waals surface area contributed by atoms with Gasteiger partial charge in [0.1, 0.15) is 23.7 Å². The average Bonchev–Trinajstić information content (AvgIpc) is 2.95. The Morgan fingerprint density at radius 2 is 1.87 bits per heavy atom. The van der Waals surface area contributed by atoms with Crippen molar-refractivity contribution in [2.45, 2.75) is 31.8 Å². The molecule has 1 heterocycles. The fourth-order valence-corrected chi connectivity index (χ4v) is 3.28. The highest BCUT2D eigenvalue weighted by Gasteiger charge is 2.47. The zero-order chi connectivity index (χ0) is 21.7. The summed E-state index contributed by atoms with van der Waals surface area (Å²) in [6, 6.07) is 12.9. The van der Waals surface area contributed by atoms with Crippen LogP contribution in [0.1, 0.15) is 24.5 Å². The van der Waals surface area contributed by atoms with E-state index >= 15 is 0 Å². The van der Waals surface area contributed by atoms with Crippen LogP contribution in [-0.4, -0.2) is 41.9 Å². The lowest BCUT2D eigenvalue weighted by atomic mass is 9.93. The Balaban J connectivity index is 1.56. The molecule has 0 radical (unpaired) electrons. The summed E-state index contributed by atoms with van der Waals surface area (Å²) in [5.41, 5.74) is 0.232. The van der Waals surface area contributed by atoms with Crippen LogP contribution >= 0.6 is 0 Å². The number of benzene rings is 2. The molecule has 0 saturated carbocycles. The molecule has 1 saturated heterocycles. The SMILES string of the molecule is COc1ccc(CC[C@@]2(C)NC(=O)N(CC(=O)NCc3ccccc3F)C2=O)cc1. The van der Waals surface area contributed by atoms with Gasteiger partial charge in [-0.1, -0.05) is 30.3 Å². The van der Waals surface area contributed by atoms with Gasteiger partial charge in [0.15, 0.2) is 0 Å². The van der Waals surface area contributed by atoms with Crippen molar-refractivity contribution in [3.63, 3.8) is 0 Å². The van der Waals surface area contributed by atoms with Crippen LogP contribution in [0.25, 0.3) is 0 Å². The summed E-state index contributed by atoms with van der Waals surface area (Å²) in [7, 11) is 1.59. The molecule has 1 aliphatic heterocycles. The number of imide groups is 1. The van der Waals surface area contributed by atoms with Crippen molar-refractivity contribution in [3.8, 4) is 5.75 Å². The molecule has 2 aromatic rings. The summed E-state index contributed by atoms with van der Waals surface area (Å²) in [6.45, 7) is 1.20. The molecule has 1 aliphatic rings. The van der Waals surface area contributed by atoms with Crippen molar-refractivity contribution < 1.29 is 23.5 Å². The van der Waals surface area contributed by atoms with Crippen molar-refractivity contribution in [1.82, 2.24) is 15.5 Å². The van der Waals surface area contributed by atoms with Crippen LogP contribution in [0.15, 0.2) is 48.5 Å². The van der Waals surface area contributed by atoms with Gasteiger partial charge >= 0.3 is 6.03 Å². The van der Waals surface area contributed by atoms with Crippen LogP contribution in [0.5, 0.6) is 5.75 Å². The largest absolute Gasteiger partial charge is 0.497 e. The van der Waals surface area contributed by atoms with E-state index in [1.54, 1.807) is 32.2 Å². The molecule has 8 heteroatoms. The van der Waals surface area contributed by atoms with Gasteiger partial charge in [-0.2, -0.15) is 0 Å². The number of rotatable bonds is 8. The number of carbonyl (C=O) groups is 3. The molecule has 30 heavy (non-hydrogen) atoms. The number of hydrogen-bond donors (Lipinski definition) is 2. The maximum absolute atomic E-state index is 13.7. The highest BCUT2D eigenvalue weighted by molar-refractivity contribution is 6.08. The predicted molar refractivity (Wildman–Crippen MR) is 108 cm³/mol. The normalized spacial score (nSPS) is 18.3. The van der Waals surface area contributed by atoms with Crippen LogP contribution in [-0.2, 0) is 22.6 Å². The second kappa shape index (κ2) is 8.94. The number of ether oxygens (including phenoxy) is 1. The van der Waals surface area contributed by atoms with Gasteiger partial charge in [-0.3, -0.25) is 14.5 Å². The molecule has 4 amide bonds. The molecule has 2 aromatic carbocycles. The second-order valence-electron chi connectivity index (χ2n) is 7.37. The minimum Gasteiger partial charge on any atom is -0.497 e. The molecule has 158 valence electrons. The molecule has 7 nitrogen and oxygen atoms in total. The number of hydrogen-bond acceptors (Lipinski definition) is 4. The van der Waals surface area contributed by atoms with Crippen molar-refractivity contribution in [2.75, 3.05) is 13.7 Å². The number of urea groups is 1. The van der Waals surface area contributed by atoms with E-state index < -0.39 is 35.7 Å². The lowest BCUT2D eigenvalue weighted by molar-refractivity contribution is -0.134. The number of carbonyl (C=O) groups excluding carboxylic acids is 3. The topological polar surface area (TPSA) is 87.7 Å². The number of halogens is 1. The number of aryl methyl sites for hydroxylation is 1. The molecule has 0 bridgehead atoms. The molecule has 0 spiro atoms. The quantitative estimate of drug-likeness (QED) is 0.651. The molecule has 2 N–H and O–H groups in total. The van der Waals surface area contributed by atoms with Crippen LogP contribution in [0.2, 0.25) is 0 Å². The zero-order valence-corrected chi connectivity index (χ0v) is 16.9. The Bertz CT molecular complexity index is 948. The summed E-state index contributed by atoms with van der Waals surface area (Å²) in [4.78, 5) is 38.2. The minimum atomic E-state index is -1.09. The molecular weight excluding hydrogens is 389 g/mol. The summed E-state index contributed by atoms with van der Waals surface area (Å²) in [6.07, 6.45) is 0.955. The number of nitrogens with one attached hydrogen (secondary N) is 2. The number of nitrogens with zero attached hydrogens (tertiary/aromatic N) is 1. The third-order valence-corrected chi connectivity index (χ3v) is 5.15. The van der Waals surface area contributed by atoms with Crippen LogP contribution in [0, 0.1) is 5.82 Å². The Morgan fingerprint density at radius 3 is 2.53 bits per heavy atom. The van der Waals surface area contributed by atoms with Crippen molar-refractivity contribution in [1.29, 1.82) is 0 Å². The summed E-state index contributed by atoms with van der Waals surface area (Å²) in [5, 5.41) is 5.22. The molecule has 0 unspecified atom stereocenters. The van der Waals surface area contributed by atoms with Crippen LogP contribution in [0.4, 0.5) is 9.18 Å². The summed E-state index contributed by atoms with van der Waals surface area (Å²) >= 11 is 0. The van der Waals surface area contributed by atoms with Crippen LogP contribution < -0.4 is 15.4 Å². The average molecular weight is 413 g/mol. The Morgan fingerprint density at radius 1 is 1.17 bits per heavy atom. The first kappa shape index (κ1) is 21.3. The van der Waals surface area contributed by atoms with E-state index in [-0.39, 0.29) is 6.54 Å². The minimum absolute atomic E-state index is 0.0239. The molecule has 1 fully saturated rings. The van der Waals surface area contributed by atoms with E-state index in [4.69, 9.17) is 4.74 Å². The van der Waals surface area contributed by atoms with E-state index in [0.717, 1.165) is 16.2 Å². The Hall–Kier alpha value is -3.42. The van der Waals surface area contributed by atoms with E-state index in [0.29, 0.717) is 18.4 Å². The molecule has 3 rings (SSSR count). The standard InChI is InChI=1S/C22H24FN3O4/c1-22(12-11-15-7-9-17(30-2)10-8-15)20(28)26(21(29)25-22)14-19(27)24-13-16-5-3-4-6-18(16)23/h3-10H,11-14H2,1-2H3,(H,24,27)(H,25,29)/t22-/m1/s1. The van der Waals surface area contributed by atoms with Gasteiger partial charge in [0.25, 0.3) is 5.91 Å². The second-order valence-corrected chi connectivity index (χ2v) is 7.37. The molecule has 0 aliphatic carbocycles. The van der Waals surface area contributed by atoms with Gasteiger partial charge in [0.2, 0.25) is 5.91 Å². The highest BCUT2D eigenvalue weighted by atomic mass is 19.1. The highest BCUT2D eigenvalue weighted by Crippen LogP contribution is 2.24. The number of methoxy groups -OCH3 is 1. The van der Waals surface area contributed by atoms with Crippen LogP contribution in [0.3, 0.4) is 0 Å². The summed E-state index contributed by atoms with van der Waals surface area (Å²) < 4.78 is 18.8. The Labute approximate surface area is 174 Å². The first-order valence-corrected chi connectivity index (χ1v) is 9.59. The monoisotopic (exact) mass is 413 g/mol. The number of amides is 4. The van der Waals surface area contributed by atoms with Crippen molar-refractivity contribution >= 4 is 17.8 Å². The Kier molecular flexibility index (Phi) is 6.34. The first-order chi connectivity index (χ1) is 14.3. The first-order valence-electron chi connectivity index (χ1n) is 9.59. The van der Waals surface area contributed by atoms with Crippen molar-refractivity contribution in [2.24, 2.45) is 0 Å². The van der Waals surface area contributed by atoms with Crippen molar-refractivity contribution in [3.05, 3.63) is 65.5 Å². The van der Waals surface area contributed by atoms with Gasteiger partial charge in [-0.25, -0.2) is 9.18 Å². The zero-order valence-electron chi connectivity index (χ0n) is 16.9. The van der Waals surface area contributed by atoms with Gasteiger partial charge in [0, 0.05) is 12.1 Å². The smallest absolute Gasteiger partial charge is 0.325 e. The van der Waals surface area contributed by atoms with E-state index in [2.05, 4.69) is 10.6 Å². The predicted octanol–water partition coefficient (Wildman–Crippen LogP) is 2.39. The van der Waals surface area contributed by atoms with E-state index in [1.807, 2.05) is 24.3 Å². The molecule has 1 atom stereocenters. The van der Waals surface area contributed by atoms with Gasteiger partial charge < -0.3 is 15.4 Å². The fraction of sp³-hybridized carbons (Fsp3) is 0.318. The van der Waals surface area contributed by atoms with Gasteiger partial charge in [-0.15, -0.1) is 0 Å². The maximum Gasteiger partial charge on any atom is 0.325 e. The lowest BCUT2D eigenvalue weighted by Gasteiger charge is -2.21. The third-order valence-electron chi connectivity index (χ3n) is 5.15. The van der Waals surface area contributed by atoms with E-state index in [9.17, 15) is 18.8 Å². The lowest BCUT2D eigenvalue weighted by Crippen LogP contribution is -2.45. The third kappa shape index (κ3) is 4.76. The molecule has 0 aromatic heterocycles.